The van der Waals surface area contributed by atoms with Gasteiger partial charge in [-0.3, -0.25) is 0 Å². The van der Waals surface area contributed by atoms with Gasteiger partial charge in [-0.2, -0.15) is 4.98 Å². The summed E-state index contributed by atoms with van der Waals surface area (Å²) < 4.78 is 5.23. The van der Waals surface area contributed by atoms with Crippen molar-refractivity contribution in [3.05, 3.63) is 40.7 Å². The van der Waals surface area contributed by atoms with E-state index in [1.807, 2.05) is 24.1 Å². The molecule has 0 spiro atoms. The van der Waals surface area contributed by atoms with E-state index in [2.05, 4.69) is 9.97 Å². The molecule has 2 rings (SSSR count). The van der Waals surface area contributed by atoms with Crippen LogP contribution in [0.5, 0.6) is 0 Å². The van der Waals surface area contributed by atoms with Gasteiger partial charge < -0.3 is 9.32 Å². The molecule has 0 aliphatic rings. The Balaban J connectivity index is 2.20. The lowest BCUT2D eigenvalue weighted by atomic mass is 10.4. The first-order valence-electron chi connectivity index (χ1n) is 4.58. The van der Waals surface area contributed by atoms with Gasteiger partial charge in [0.2, 0.25) is 5.28 Å². The van der Waals surface area contributed by atoms with Gasteiger partial charge in [0.25, 0.3) is 0 Å². The fourth-order valence-electron chi connectivity index (χ4n) is 1.32. The number of nitrogens with zero attached hydrogens (tertiary/aromatic N) is 3. The lowest BCUT2D eigenvalue weighted by Gasteiger charge is -2.17. The van der Waals surface area contributed by atoms with Crippen molar-refractivity contribution >= 4 is 29.0 Å². The van der Waals surface area contributed by atoms with Crippen LogP contribution in [0.25, 0.3) is 0 Å². The van der Waals surface area contributed by atoms with Crippen LogP contribution in [0, 0.1) is 0 Å². The normalized spacial score (nSPS) is 10.4. The molecule has 0 saturated heterocycles. The van der Waals surface area contributed by atoms with Crippen molar-refractivity contribution in [2.45, 2.75) is 6.54 Å². The second-order valence-corrected chi connectivity index (χ2v) is 3.99. The van der Waals surface area contributed by atoms with Crippen LogP contribution in [0.2, 0.25) is 10.3 Å². The molecule has 2 aromatic heterocycles. The lowest BCUT2D eigenvalue weighted by molar-refractivity contribution is 0.507. The van der Waals surface area contributed by atoms with E-state index in [0.29, 0.717) is 17.4 Å². The maximum atomic E-state index is 5.98. The third kappa shape index (κ3) is 2.46. The molecule has 0 saturated carbocycles. The van der Waals surface area contributed by atoms with Crippen molar-refractivity contribution < 1.29 is 4.42 Å². The summed E-state index contributed by atoms with van der Waals surface area (Å²) in [6.07, 6.45) is 3.10. The smallest absolute Gasteiger partial charge is 0.224 e. The Kier molecular flexibility index (Phi) is 3.31. The minimum absolute atomic E-state index is 0.172. The monoisotopic (exact) mass is 257 g/mol. The third-order valence-corrected chi connectivity index (χ3v) is 2.48. The highest BCUT2D eigenvalue weighted by Crippen LogP contribution is 2.23. The van der Waals surface area contributed by atoms with E-state index in [-0.39, 0.29) is 5.28 Å². The Morgan fingerprint density at radius 1 is 1.44 bits per heavy atom. The van der Waals surface area contributed by atoms with E-state index in [4.69, 9.17) is 27.6 Å². The summed E-state index contributed by atoms with van der Waals surface area (Å²) in [5.74, 6) is 1.41. The van der Waals surface area contributed by atoms with Crippen molar-refractivity contribution in [1.29, 1.82) is 0 Å². The fraction of sp³-hybridized carbons (Fsp3) is 0.200. The summed E-state index contributed by atoms with van der Waals surface area (Å²) in [5.41, 5.74) is 0. The highest BCUT2D eigenvalue weighted by atomic mass is 35.5. The van der Waals surface area contributed by atoms with Crippen molar-refractivity contribution in [2.75, 3.05) is 11.9 Å². The van der Waals surface area contributed by atoms with Gasteiger partial charge in [-0.15, -0.1) is 0 Å². The van der Waals surface area contributed by atoms with Gasteiger partial charge in [-0.1, -0.05) is 11.6 Å². The molecule has 0 unspecified atom stereocenters. The second kappa shape index (κ2) is 4.72. The third-order valence-electron chi connectivity index (χ3n) is 2.03. The summed E-state index contributed by atoms with van der Waals surface area (Å²) >= 11 is 11.7. The molecule has 0 amide bonds. The van der Waals surface area contributed by atoms with Gasteiger partial charge in [0.1, 0.15) is 10.8 Å². The largest absolute Gasteiger partial charge is 0.467 e. The van der Waals surface area contributed by atoms with Crippen molar-refractivity contribution in [3.8, 4) is 0 Å². The first kappa shape index (κ1) is 11.2. The molecule has 2 heterocycles. The first-order chi connectivity index (χ1) is 7.66. The topological polar surface area (TPSA) is 42.2 Å². The van der Waals surface area contributed by atoms with E-state index in [9.17, 15) is 0 Å². The Labute approximate surface area is 103 Å². The molecular formula is C10H9Cl2N3O. The molecule has 4 nitrogen and oxygen atoms in total. The Hall–Kier alpha value is -1.26. The first-order valence-corrected chi connectivity index (χ1v) is 5.34. The number of aromatic nitrogens is 2. The summed E-state index contributed by atoms with van der Waals surface area (Å²) in [6, 6.07) is 3.71. The molecule has 0 radical (unpaired) electrons. The highest BCUT2D eigenvalue weighted by Gasteiger charge is 2.10. The summed E-state index contributed by atoms with van der Waals surface area (Å²) in [7, 11) is 1.85. The SMILES string of the molecule is CN(Cc1ccco1)c1nc(Cl)ncc1Cl. The number of anilines is 1. The molecule has 0 aliphatic carbocycles. The summed E-state index contributed by atoms with van der Waals surface area (Å²) in [5, 5.41) is 0.629. The Morgan fingerprint density at radius 3 is 2.94 bits per heavy atom. The van der Waals surface area contributed by atoms with Crippen molar-refractivity contribution in [1.82, 2.24) is 9.97 Å². The highest BCUT2D eigenvalue weighted by molar-refractivity contribution is 6.33. The standard InChI is InChI=1S/C10H9Cl2N3O/c1-15(6-7-3-2-4-16-7)9-8(11)5-13-10(12)14-9/h2-5H,6H2,1H3. The van der Waals surface area contributed by atoms with E-state index < -0.39 is 0 Å². The summed E-state index contributed by atoms with van der Waals surface area (Å²) in [4.78, 5) is 9.69. The zero-order chi connectivity index (χ0) is 11.5. The van der Waals surface area contributed by atoms with Crippen molar-refractivity contribution in [3.63, 3.8) is 0 Å². The van der Waals surface area contributed by atoms with Crippen LogP contribution < -0.4 is 4.90 Å². The van der Waals surface area contributed by atoms with Crippen LogP contribution in [0.3, 0.4) is 0 Å². The second-order valence-electron chi connectivity index (χ2n) is 3.25. The van der Waals surface area contributed by atoms with E-state index in [0.717, 1.165) is 5.76 Å². The predicted octanol–water partition coefficient (Wildman–Crippen LogP) is 3.01. The van der Waals surface area contributed by atoms with Crippen LogP contribution in [0.1, 0.15) is 5.76 Å². The fourth-order valence-corrected chi connectivity index (χ4v) is 1.68. The maximum absolute atomic E-state index is 5.98. The van der Waals surface area contributed by atoms with E-state index in [1.54, 1.807) is 6.26 Å². The Bertz CT molecular complexity index is 473. The average Bonchev–Trinajstić information content (AvgIpc) is 2.74. The lowest BCUT2D eigenvalue weighted by Crippen LogP contribution is -2.18. The van der Waals surface area contributed by atoms with E-state index in [1.165, 1.54) is 6.20 Å². The quantitative estimate of drug-likeness (QED) is 0.793. The van der Waals surface area contributed by atoms with Gasteiger partial charge in [-0.05, 0) is 23.7 Å². The van der Waals surface area contributed by atoms with Crippen LogP contribution in [0.15, 0.2) is 29.0 Å². The molecule has 6 heteroatoms. The summed E-state index contributed by atoms with van der Waals surface area (Å²) in [6.45, 7) is 0.570. The zero-order valence-electron chi connectivity index (χ0n) is 8.52. The minimum Gasteiger partial charge on any atom is -0.467 e. The molecule has 0 bridgehead atoms. The van der Waals surface area contributed by atoms with Gasteiger partial charge in [0, 0.05) is 7.05 Å². The van der Waals surface area contributed by atoms with Crippen molar-refractivity contribution in [2.24, 2.45) is 0 Å². The van der Waals surface area contributed by atoms with Gasteiger partial charge in [0.15, 0.2) is 5.82 Å². The molecule has 16 heavy (non-hydrogen) atoms. The molecule has 0 N–H and O–H groups in total. The molecule has 0 fully saturated rings. The molecule has 84 valence electrons. The van der Waals surface area contributed by atoms with Crippen LogP contribution in [-0.2, 0) is 6.54 Å². The number of hydrogen-bond acceptors (Lipinski definition) is 4. The van der Waals surface area contributed by atoms with E-state index >= 15 is 0 Å². The minimum atomic E-state index is 0.172. The van der Waals surface area contributed by atoms with Crippen LogP contribution in [-0.4, -0.2) is 17.0 Å². The van der Waals surface area contributed by atoms with Gasteiger partial charge in [0.05, 0.1) is 19.0 Å². The molecule has 0 atom stereocenters. The number of rotatable bonds is 3. The molecule has 0 aromatic carbocycles. The van der Waals surface area contributed by atoms with Crippen LogP contribution >= 0.6 is 23.2 Å². The number of hydrogen-bond donors (Lipinski definition) is 0. The maximum Gasteiger partial charge on any atom is 0.224 e. The number of halogens is 2. The number of furan rings is 1. The van der Waals surface area contributed by atoms with Crippen LogP contribution in [0.4, 0.5) is 5.82 Å². The Morgan fingerprint density at radius 2 is 2.25 bits per heavy atom. The molecular weight excluding hydrogens is 249 g/mol. The van der Waals surface area contributed by atoms with Gasteiger partial charge in [-0.25, -0.2) is 4.98 Å². The molecule has 2 aromatic rings. The average molecular weight is 258 g/mol. The van der Waals surface area contributed by atoms with Gasteiger partial charge >= 0.3 is 0 Å². The molecule has 0 aliphatic heterocycles. The zero-order valence-corrected chi connectivity index (χ0v) is 10.0. The predicted molar refractivity (Wildman–Crippen MR) is 62.9 cm³/mol.